The molecule has 0 radical (unpaired) electrons. The van der Waals surface area contributed by atoms with Gasteiger partial charge in [0.2, 0.25) is 0 Å². The summed E-state index contributed by atoms with van der Waals surface area (Å²) >= 11 is 0. The summed E-state index contributed by atoms with van der Waals surface area (Å²) in [5.74, 6) is 0. The van der Waals surface area contributed by atoms with E-state index in [0.717, 1.165) is 127 Å². The van der Waals surface area contributed by atoms with Crippen molar-refractivity contribution in [2.24, 2.45) is 0 Å². The van der Waals surface area contributed by atoms with Crippen molar-refractivity contribution in [3.8, 4) is 46.0 Å². The fourth-order valence-corrected chi connectivity index (χ4v) is 11.5. The largest absolute Gasteiger partial charge is 0.307 e. The molecule has 69 heavy (non-hydrogen) atoms. The molecule has 4 heterocycles. The minimum absolute atomic E-state index is 0.509. The van der Waals surface area contributed by atoms with Gasteiger partial charge < -0.3 is 18.3 Å². The maximum Gasteiger partial charge on any atom is 0.0998 e. The average molecular weight is 879 g/mol. The van der Waals surface area contributed by atoms with Crippen LogP contribution in [-0.2, 0) is 0 Å². The first kappa shape index (κ1) is 38.6. The van der Waals surface area contributed by atoms with Crippen LogP contribution in [0.2, 0.25) is 0 Å². The van der Waals surface area contributed by atoms with Gasteiger partial charge in [-0.2, -0.15) is 10.5 Å². The molecule has 0 N–H and O–H groups in total. The van der Waals surface area contributed by atoms with E-state index >= 15 is 0 Å². The second-order valence-corrected chi connectivity index (χ2v) is 18.0. The second-order valence-electron chi connectivity index (χ2n) is 18.0. The highest BCUT2D eigenvalue weighted by Gasteiger charge is 2.27. The predicted molar refractivity (Wildman–Crippen MR) is 283 cm³/mol. The summed E-state index contributed by atoms with van der Waals surface area (Å²) in [6.07, 6.45) is 0. The van der Waals surface area contributed by atoms with Gasteiger partial charge in [0.15, 0.2) is 0 Å². The summed E-state index contributed by atoms with van der Waals surface area (Å²) in [6.45, 7) is 2.01. The number of fused-ring (bicyclic) bond motifs is 14. The summed E-state index contributed by atoms with van der Waals surface area (Å²) in [7, 11) is 0. The van der Waals surface area contributed by atoms with Gasteiger partial charge in [-0.1, -0.05) is 140 Å². The van der Waals surface area contributed by atoms with Crippen molar-refractivity contribution in [3.63, 3.8) is 0 Å². The highest BCUT2D eigenvalue weighted by Crippen LogP contribution is 2.47. The molecule has 0 atom stereocenters. The zero-order valence-corrected chi connectivity index (χ0v) is 37.4. The number of hydrogen-bond donors (Lipinski definition) is 0. The fraction of sp³-hybridized carbons (Fsp3) is 0.0159. The van der Waals surface area contributed by atoms with Crippen molar-refractivity contribution in [1.82, 2.24) is 18.3 Å². The highest BCUT2D eigenvalue weighted by atomic mass is 15.1. The Morgan fingerprint density at radius 3 is 1.13 bits per heavy atom. The van der Waals surface area contributed by atoms with Gasteiger partial charge >= 0.3 is 0 Å². The highest BCUT2D eigenvalue weighted by molar-refractivity contribution is 6.26. The zero-order valence-electron chi connectivity index (χ0n) is 37.4. The van der Waals surface area contributed by atoms with E-state index in [1.54, 1.807) is 0 Å². The van der Waals surface area contributed by atoms with Gasteiger partial charge in [-0.15, -0.1) is 0 Å². The van der Waals surface area contributed by atoms with Gasteiger partial charge in [-0.25, -0.2) is 0 Å². The van der Waals surface area contributed by atoms with Crippen LogP contribution in [0.4, 0.5) is 0 Å². The zero-order chi connectivity index (χ0) is 45.9. The first-order chi connectivity index (χ1) is 34.1. The van der Waals surface area contributed by atoms with E-state index in [-0.39, 0.29) is 0 Å². The molecule has 0 spiro atoms. The molecule has 0 unspecified atom stereocenters. The van der Waals surface area contributed by atoms with Crippen molar-refractivity contribution >= 4 is 87.2 Å². The van der Waals surface area contributed by atoms with E-state index in [1.165, 1.54) is 0 Å². The van der Waals surface area contributed by atoms with E-state index < -0.39 is 0 Å². The van der Waals surface area contributed by atoms with E-state index in [0.29, 0.717) is 11.1 Å². The molecule has 10 aromatic carbocycles. The first-order valence-corrected chi connectivity index (χ1v) is 23.2. The van der Waals surface area contributed by atoms with Crippen LogP contribution in [-0.4, -0.2) is 18.3 Å². The summed E-state index contributed by atoms with van der Waals surface area (Å²) < 4.78 is 9.67. The lowest BCUT2D eigenvalue weighted by molar-refractivity contribution is 1.09. The molecular formula is C63H38N6. The number of aromatic nitrogens is 4. The molecule has 14 rings (SSSR count). The molecule has 0 saturated heterocycles. The summed E-state index contributed by atoms with van der Waals surface area (Å²) in [6, 6.07) is 80.3. The Morgan fingerprint density at radius 2 is 0.710 bits per heavy atom. The molecule has 0 amide bonds. The Labute approximate surface area is 396 Å². The van der Waals surface area contributed by atoms with Gasteiger partial charge in [0, 0.05) is 60.0 Å². The first-order valence-electron chi connectivity index (χ1n) is 23.2. The third kappa shape index (κ3) is 5.46. The lowest BCUT2D eigenvalue weighted by atomic mass is 9.95. The fourth-order valence-electron chi connectivity index (χ4n) is 11.5. The molecule has 6 nitrogen and oxygen atoms in total. The monoisotopic (exact) mass is 878 g/mol. The second kappa shape index (κ2) is 14.7. The lowest BCUT2D eigenvalue weighted by Crippen LogP contribution is -2.07. The van der Waals surface area contributed by atoms with Crippen LogP contribution in [0.1, 0.15) is 16.7 Å². The Balaban J connectivity index is 1.24. The van der Waals surface area contributed by atoms with Gasteiger partial charge in [0.05, 0.1) is 78.8 Å². The minimum Gasteiger partial charge on any atom is -0.307 e. The summed E-state index contributed by atoms with van der Waals surface area (Å²) in [5, 5.41) is 30.7. The quantitative estimate of drug-likeness (QED) is 0.173. The van der Waals surface area contributed by atoms with Crippen LogP contribution in [0.15, 0.2) is 212 Å². The Morgan fingerprint density at radius 1 is 0.333 bits per heavy atom. The molecular weight excluding hydrogens is 841 g/mol. The van der Waals surface area contributed by atoms with Gasteiger partial charge in [-0.3, -0.25) is 0 Å². The number of rotatable bonds is 5. The number of nitrogens with zero attached hydrogens (tertiary/aromatic N) is 6. The molecule has 0 bridgehead atoms. The minimum atomic E-state index is 0.509. The van der Waals surface area contributed by atoms with Crippen LogP contribution >= 0.6 is 0 Å². The topological polar surface area (TPSA) is 67.3 Å². The van der Waals surface area contributed by atoms with Crippen molar-refractivity contribution in [2.75, 3.05) is 0 Å². The lowest BCUT2D eigenvalue weighted by Gasteiger charge is -2.21. The van der Waals surface area contributed by atoms with Crippen molar-refractivity contribution in [2.45, 2.75) is 6.92 Å². The van der Waals surface area contributed by atoms with Crippen LogP contribution in [0.25, 0.3) is 121 Å². The summed E-state index contributed by atoms with van der Waals surface area (Å²) in [4.78, 5) is 0. The van der Waals surface area contributed by atoms with Crippen LogP contribution in [0.5, 0.6) is 0 Å². The SMILES string of the molecule is Cc1cc(C#N)cc(-c2cc(-n3c4ccccc4c4ccc5c6ccccc6n(-c6ccccc6)c5c43)c(-n3c4ccccc4c4ccc5c6ccccc6n(-c6ccccc6)c5c43)cc2C#N)c1. The molecule has 0 fully saturated rings. The Kier molecular flexibility index (Phi) is 8.23. The van der Waals surface area contributed by atoms with Crippen molar-refractivity contribution in [1.29, 1.82) is 10.5 Å². The van der Waals surface area contributed by atoms with E-state index in [4.69, 9.17) is 0 Å². The number of benzene rings is 10. The van der Waals surface area contributed by atoms with Crippen LogP contribution < -0.4 is 0 Å². The Bertz CT molecular complexity index is 4570. The predicted octanol–water partition coefficient (Wildman–Crippen LogP) is 15.8. The smallest absolute Gasteiger partial charge is 0.0998 e. The Hall–Kier alpha value is -9.62. The normalized spacial score (nSPS) is 11.8. The average Bonchev–Trinajstić information content (AvgIpc) is 4.14. The summed E-state index contributed by atoms with van der Waals surface area (Å²) in [5.41, 5.74) is 16.0. The number of aryl methyl sites for hydroxylation is 1. The van der Waals surface area contributed by atoms with Crippen LogP contribution in [0.3, 0.4) is 0 Å². The molecule has 320 valence electrons. The van der Waals surface area contributed by atoms with Crippen molar-refractivity contribution in [3.05, 3.63) is 229 Å². The van der Waals surface area contributed by atoms with Gasteiger partial charge in [0.1, 0.15) is 0 Å². The van der Waals surface area contributed by atoms with E-state index in [1.807, 2.05) is 19.1 Å². The van der Waals surface area contributed by atoms with Crippen molar-refractivity contribution < 1.29 is 0 Å². The third-order valence-corrected chi connectivity index (χ3v) is 14.2. The molecule has 0 aliphatic heterocycles. The molecule has 14 aromatic rings. The van der Waals surface area contributed by atoms with E-state index in [2.05, 4.69) is 231 Å². The number of nitriles is 2. The molecule has 4 aromatic heterocycles. The molecule has 0 saturated carbocycles. The van der Waals surface area contributed by atoms with E-state index in [9.17, 15) is 10.5 Å². The number of para-hydroxylation sites is 6. The van der Waals surface area contributed by atoms with Gasteiger partial charge in [0.25, 0.3) is 0 Å². The maximum absolute atomic E-state index is 11.4. The molecule has 0 aliphatic rings. The molecule has 0 aliphatic carbocycles. The number of hydrogen-bond acceptors (Lipinski definition) is 2. The van der Waals surface area contributed by atoms with Gasteiger partial charge in [-0.05, 0) is 90.8 Å². The molecule has 6 heteroatoms. The standard InChI is InChI=1S/C63H38N6/c1-39-32-40(37-64)34-41(33-39)53-36-59(69-57-27-15-11-23-48(57)52-31-29-50-46-21-9-13-25-55(46)67(61(50)63(52)69)44-18-6-3-7-19-44)58(35-42(53)38-65)68-56-26-14-10-22-47(56)51-30-28-49-45-20-8-12-24-54(45)66(60(49)62(51)68)43-16-4-2-5-17-43/h2-36H,1H3. The van der Waals surface area contributed by atoms with Crippen LogP contribution in [0, 0.1) is 29.6 Å². The maximum atomic E-state index is 11.4. The third-order valence-electron chi connectivity index (χ3n) is 14.2.